The molecule has 0 fully saturated rings. The third kappa shape index (κ3) is 5.75. The summed E-state index contributed by atoms with van der Waals surface area (Å²) in [6.07, 6.45) is 1.15. The molecule has 0 radical (unpaired) electrons. The molecule has 0 bridgehead atoms. The molecule has 0 saturated carbocycles. The number of rotatable bonds is 8. The van der Waals surface area contributed by atoms with Crippen LogP contribution in [0.15, 0.2) is 34.9 Å². The fraction of sp³-hybridized carbons (Fsp3) is 0.353. The lowest BCUT2D eigenvalue weighted by Crippen LogP contribution is -2.27. The van der Waals surface area contributed by atoms with Crippen molar-refractivity contribution in [2.45, 2.75) is 26.2 Å². The normalized spacial score (nSPS) is 10.2. The van der Waals surface area contributed by atoms with Gasteiger partial charge in [-0.3, -0.25) is 9.59 Å². The van der Waals surface area contributed by atoms with Gasteiger partial charge in [-0.05, 0) is 31.0 Å². The van der Waals surface area contributed by atoms with Gasteiger partial charge in [0.25, 0.3) is 0 Å². The summed E-state index contributed by atoms with van der Waals surface area (Å²) in [5.74, 6) is 1.45. The number of carbonyl (C=O) groups is 2. The number of hydrogen-bond donors (Lipinski definition) is 2. The van der Waals surface area contributed by atoms with Gasteiger partial charge in [-0.25, -0.2) is 0 Å². The number of nitrogens with one attached hydrogen (secondary N) is 2. The van der Waals surface area contributed by atoms with Gasteiger partial charge in [-0.2, -0.15) is 0 Å². The number of amides is 2. The van der Waals surface area contributed by atoms with E-state index in [1.807, 2.05) is 24.3 Å². The van der Waals surface area contributed by atoms with E-state index in [0.29, 0.717) is 24.4 Å². The fourth-order valence-electron chi connectivity index (χ4n) is 2.12. The van der Waals surface area contributed by atoms with Gasteiger partial charge in [0.05, 0.1) is 7.11 Å². The maximum Gasteiger partial charge on any atom is 0.227 e. The lowest BCUT2D eigenvalue weighted by molar-refractivity contribution is -0.121. The molecule has 0 aliphatic rings. The first-order valence-corrected chi connectivity index (χ1v) is 7.69. The van der Waals surface area contributed by atoms with Crippen LogP contribution in [0.25, 0.3) is 0 Å². The molecule has 0 atom stereocenters. The number of methoxy groups -OCH3 is 1. The summed E-state index contributed by atoms with van der Waals surface area (Å²) in [5.41, 5.74) is 1.03. The smallest absolute Gasteiger partial charge is 0.227 e. The third-order valence-electron chi connectivity index (χ3n) is 3.34. The number of nitrogens with zero attached hydrogens (tertiary/aromatic N) is 1. The fourth-order valence-corrected chi connectivity index (χ4v) is 2.12. The van der Waals surface area contributed by atoms with E-state index >= 15 is 0 Å². The zero-order chi connectivity index (χ0) is 17.4. The van der Waals surface area contributed by atoms with E-state index in [4.69, 9.17) is 9.26 Å². The zero-order valence-corrected chi connectivity index (χ0v) is 13.8. The highest BCUT2D eigenvalue weighted by Crippen LogP contribution is 2.13. The number of anilines is 1. The molecule has 7 nitrogen and oxygen atoms in total. The molecular weight excluding hydrogens is 310 g/mol. The molecule has 2 amide bonds. The Bertz CT molecular complexity index is 697. The van der Waals surface area contributed by atoms with Crippen LogP contribution in [0, 0.1) is 6.92 Å². The van der Waals surface area contributed by atoms with Gasteiger partial charge < -0.3 is 19.9 Å². The Hall–Kier alpha value is -2.83. The number of hydrogen-bond acceptors (Lipinski definition) is 5. The van der Waals surface area contributed by atoms with Gasteiger partial charge >= 0.3 is 0 Å². The van der Waals surface area contributed by atoms with E-state index in [1.54, 1.807) is 20.1 Å². The molecule has 2 rings (SSSR count). The Labute approximate surface area is 140 Å². The summed E-state index contributed by atoms with van der Waals surface area (Å²) in [6.45, 7) is 2.02. The second-order valence-electron chi connectivity index (χ2n) is 5.32. The number of benzene rings is 1. The van der Waals surface area contributed by atoms with Crippen molar-refractivity contribution >= 4 is 17.6 Å². The minimum atomic E-state index is -0.226. The van der Waals surface area contributed by atoms with Crippen LogP contribution < -0.4 is 15.4 Å². The van der Waals surface area contributed by atoms with E-state index in [2.05, 4.69) is 15.8 Å². The van der Waals surface area contributed by atoms with Crippen LogP contribution in [-0.2, 0) is 16.0 Å². The van der Waals surface area contributed by atoms with Crippen LogP contribution in [0.3, 0.4) is 0 Å². The zero-order valence-electron chi connectivity index (χ0n) is 13.8. The van der Waals surface area contributed by atoms with E-state index < -0.39 is 0 Å². The summed E-state index contributed by atoms with van der Waals surface area (Å²) in [7, 11) is 1.61. The lowest BCUT2D eigenvalue weighted by atomic mass is 10.1. The van der Waals surface area contributed by atoms with Gasteiger partial charge in [0.15, 0.2) is 5.82 Å². The van der Waals surface area contributed by atoms with Crippen LogP contribution in [-0.4, -0.2) is 30.6 Å². The second kappa shape index (κ2) is 8.71. The second-order valence-corrected chi connectivity index (χ2v) is 5.32. The van der Waals surface area contributed by atoms with Gasteiger partial charge in [0, 0.05) is 25.5 Å². The van der Waals surface area contributed by atoms with Crippen LogP contribution in [0.5, 0.6) is 5.75 Å². The summed E-state index contributed by atoms with van der Waals surface area (Å²) < 4.78 is 10.0. The van der Waals surface area contributed by atoms with Crippen molar-refractivity contribution in [3.8, 4) is 5.75 Å². The van der Waals surface area contributed by atoms with Crippen molar-refractivity contribution in [2.24, 2.45) is 0 Å². The predicted octanol–water partition coefficient (Wildman–Crippen LogP) is 2.07. The maximum absolute atomic E-state index is 11.8. The average molecular weight is 331 g/mol. The van der Waals surface area contributed by atoms with Crippen molar-refractivity contribution in [1.82, 2.24) is 10.5 Å². The molecule has 24 heavy (non-hydrogen) atoms. The van der Waals surface area contributed by atoms with Crippen molar-refractivity contribution in [3.63, 3.8) is 0 Å². The Morgan fingerprint density at radius 2 is 2.04 bits per heavy atom. The summed E-state index contributed by atoms with van der Waals surface area (Å²) in [6, 6.07) is 9.23. The predicted molar refractivity (Wildman–Crippen MR) is 88.8 cm³/mol. The number of aryl methyl sites for hydroxylation is 2. The van der Waals surface area contributed by atoms with E-state index in [0.717, 1.165) is 11.3 Å². The van der Waals surface area contributed by atoms with Crippen LogP contribution in [0.1, 0.15) is 24.2 Å². The Kier molecular flexibility index (Phi) is 6.36. The van der Waals surface area contributed by atoms with Crippen molar-refractivity contribution in [1.29, 1.82) is 0 Å². The van der Waals surface area contributed by atoms with Crippen LogP contribution in [0.4, 0.5) is 5.82 Å². The molecule has 0 spiro atoms. The maximum atomic E-state index is 11.8. The highest BCUT2D eigenvalue weighted by molar-refractivity contribution is 5.90. The van der Waals surface area contributed by atoms with E-state index in [9.17, 15) is 9.59 Å². The molecule has 128 valence electrons. The Morgan fingerprint density at radius 1 is 1.21 bits per heavy atom. The molecule has 1 aromatic carbocycles. The van der Waals surface area contributed by atoms with Crippen LogP contribution >= 0.6 is 0 Å². The average Bonchev–Trinajstić information content (AvgIpc) is 2.98. The molecule has 1 heterocycles. The molecular formula is C17H21N3O4. The highest BCUT2D eigenvalue weighted by Gasteiger charge is 2.07. The summed E-state index contributed by atoms with van der Waals surface area (Å²) in [5, 5.41) is 9.00. The molecule has 0 aliphatic carbocycles. The standard InChI is InChI=1S/C17H21N3O4/c1-12-10-15(20-24-12)19-17(22)8-9-18-16(21)7-6-13-4-3-5-14(11-13)23-2/h3-5,10-11H,6-9H2,1-2H3,(H,18,21)(H,19,20,22). The SMILES string of the molecule is COc1cccc(CCC(=O)NCCC(=O)Nc2cc(C)on2)c1. The molecule has 0 saturated heterocycles. The van der Waals surface area contributed by atoms with Crippen molar-refractivity contribution < 1.29 is 18.8 Å². The minimum absolute atomic E-state index is 0.0945. The minimum Gasteiger partial charge on any atom is -0.497 e. The largest absolute Gasteiger partial charge is 0.497 e. The first-order valence-electron chi connectivity index (χ1n) is 7.69. The van der Waals surface area contributed by atoms with Gasteiger partial charge in [-0.15, -0.1) is 0 Å². The Morgan fingerprint density at radius 3 is 2.75 bits per heavy atom. The monoisotopic (exact) mass is 331 g/mol. The lowest BCUT2D eigenvalue weighted by Gasteiger charge is -2.06. The Balaban J connectivity index is 1.64. The molecule has 0 unspecified atom stereocenters. The molecule has 7 heteroatoms. The summed E-state index contributed by atoms with van der Waals surface area (Å²) >= 11 is 0. The molecule has 1 aromatic heterocycles. The van der Waals surface area contributed by atoms with Gasteiger partial charge in [0.2, 0.25) is 11.8 Å². The van der Waals surface area contributed by atoms with E-state index in [-0.39, 0.29) is 24.8 Å². The number of carbonyl (C=O) groups excluding carboxylic acids is 2. The topological polar surface area (TPSA) is 93.5 Å². The van der Waals surface area contributed by atoms with Gasteiger partial charge in [0.1, 0.15) is 11.5 Å². The first-order chi connectivity index (χ1) is 11.6. The molecule has 2 N–H and O–H groups in total. The van der Waals surface area contributed by atoms with Crippen LogP contribution in [0.2, 0.25) is 0 Å². The molecule has 2 aromatic rings. The van der Waals surface area contributed by atoms with Crippen molar-refractivity contribution in [2.75, 3.05) is 19.0 Å². The first kappa shape index (κ1) is 17.5. The van der Waals surface area contributed by atoms with E-state index in [1.165, 1.54) is 0 Å². The quantitative estimate of drug-likeness (QED) is 0.772. The van der Waals surface area contributed by atoms with Gasteiger partial charge in [-0.1, -0.05) is 17.3 Å². The number of aromatic nitrogens is 1. The summed E-state index contributed by atoms with van der Waals surface area (Å²) in [4.78, 5) is 23.5. The van der Waals surface area contributed by atoms with Crippen molar-refractivity contribution in [3.05, 3.63) is 41.7 Å². The molecule has 0 aliphatic heterocycles. The number of ether oxygens (including phenoxy) is 1. The third-order valence-corrected chi connectivity index (χ3v) is 3.34. The highest BCUT2D eigenvalue weighted by atomic mass is 16.5.